The molecule has 0 saturated heterocycles. The summed E-state index contributed by atoms with van der Waals surface area (Å²) in [5.74, 6) is 0.904. The molecule has 2 N–H and O–H groups in total. The third-order valence-corrected chi connectivity index (χ3v) is 2.86. The van der Waals surface area contributed by atoms with Crippen LogP contribution in [0.2, 0.25) is 0 Å². The molecule has 0 aliphatic heterocycles. The first-order chi connectivity index (χ1) is 7.22. The first-order valence-electron chi connectivity index (χ1n) is 4.60. The highest BCUT2D eigenvalue weighted by molar-refractivity contribution is 7.09. The first-order valence-corrected chi connectivity index (χ1v) is 5.38. The zero-order valence-electron chi connectivity index (χ0n) is 8.47. The molecule has 15 heavy (non-hydrogen) atoms. The molecule has 0 aliphatic carbocycles. The summed E-state index contributed by atoms with van der Waals surface area (Å²) in [6.07, 6.45) is 0.765. The molecule has 0 spiro atoms. The van der Waals surface area contributed by atoms with Crippen LogP contribution in [-0.2, 0) is 0 Å². The zero-order chi connectivity index (χ0) is 10.8. The molecule has 0 amide bonds. The molecule has 1 unspecified atom stereocenters. The van der Waals surface area contributed by atoms with Crippen LogP contribution in [0.15, 0.2) is 4.42 Å². The van der Waals surface area contributed by atoms with Crippen molar-refractivity contribution in [3.8, 4) is 10.8 Å². The van der Waals surface area contributed by atoms with Gasteiger partial charge < -0.3 is 10.2 Å². The van der Waals surface area contributed by atoms with Gasteiger partial charge in [0.2, 0.25) is 5.89 Å². The summed E-state index contributed by atoms with van der Waals surface area (Å²) in [4.78, 5) is 0.803. The van der Waals surface area contributed by atoms with Gasteiger partial charge in [0.05, 0.1) is 11.7 Å². The molecule has 7 heteroatoms. The summed E-state index contributed by atoms with van der Waals surface area (Å²) in [6.45, 7) is 3.82. The fourth-order valence-corrected chi connectivity index (χ4v) is 1.66. The Morgan fingerprint density at radius 3 is 2.80 bits per heavy atom. The number of nitrogens with two attached hydrogens (primary N) is 1. The number of hydrogen-bond acceptors (Lipinski definition) is 7. The predicted molar refractivity (Wildman–Crippen MR) is 55.2 cm³/mol. The average molecular weight is 225 g/mol. The molecule has 6 nitrogen and oxygen atoms in total. The molecule has 2 rings (SSSR count). The SMILES string of the molecule is CCC(N)c1nnc(-c2snnc2C)o1. The van der Waals surface area contributed by atoms with E-state index in [2.05, 4.69) is 19.8 Å². The van der Waals surface area contributed by atoms with Crippen molar-refractivity contribution < 1.29 is 4.42 Å². The van der Waals surface area contributed by atoms with Crippen LogP contribution in [0.5, 0.6) is 0 Å². The minimum absolute atomic E-state index is 0.201. The topological polar surface area (TPSA) is 90.7 Å². The Bertz CT molecular complexity index is 451. The summed E-state index contributed by atoms with van der Waals surface area (Å²) < 4.78 is 9.25. The lowest BCUT2D eigenvalue weighted by atomic mass is 10.2. The van der Waals surface area contributed by atoms with E-state index in [1.165, 1.54) is 11.5 Å². The van der Waals surface area contributed by atoms with Crippen LogP contribution in [0, 0.1) is 6.92 Å². The van der Waals surface area contributed by atoms with Gasteiger partial charge in [-0.25, -0.2) is 0 Å². The zero-order valence-corrected chi connectivity index (χ0v) is 9.28. The van der Waals surface area contributed by atoms with E-state index in [1.54, 1.807) is 0 Å². The summed E-state index contributed by atoms with van der Waals surface area (Å²) in [5, 5.41) is 11.7. The van der Waals surface area contributed by atoms with Gasteiger partial charge in [0.1, 0.15) is 4.88 Å². The van der Waals surface area contributed by atoms with Gasteiger partial charge in [0.15, 0.2) is 0 Å². The quantitative estimate of drug-likeness (QED) is 0.846. The Kier molecular flexibility index (Phi) is 2.74. The molecular weight excluding hydrogens is 214 g/mol. The fraction of sp³-hybridized carbons (Fsp3) is 0.500. The van der Waals surface area contributed by atoms with Crippen molar-refractivity contribution in [3.63, 3.8) is 0 Å². The number of rotatable bonds is 3. The summed E-state index contributed by atoms with van der Waals surface area (Å²) in [6, 6.07) is -0.201. The lowest BCUT2D eigenvalue weighted by molar-refractivity contribution is 0.453. The molecule has 0 radical (unpaired) electrons. The molecule has 0 aliphatic rings. The summed E-state index contributed by atoms with van der Waals surface area (Å²) in [7, 11) is 0. The molecule has 1 atom stereocenters. The molecule has 2 aromatic rings. The third kappa shape index (κ3) is 1.88. The molecule has 0 fully saturated rings. The Morgan fingerprint density at radius 2 is 2.20 bits per heavy atom. The Morgan fingerprint density at radius 1 is 1.40 bits per heavy atom. The molecule has 2 heterocycles. The summed E-state index contributed by atoms with van der Waals surface area (Å²) in [5.41, 5.74) is 6.57. The maximum atomic E-state index is 5.77. The predicted octanol–water partition coefficient (Wildman–Crippen LogP) is 1.31. The van der Waals surface area contributed by atoms with Crippen molar-refractivity contribution >= 4 is 11.5 Å². The van der Waals surface area contributed by atoms with Gasteiger partial charge in [-0.1, -0.05) is 11.4 Å². The van der Waals surface area contributed by atoms with Crippen molar-refractivity contribution in [1.82, 2.24) is 19.8 Å². The minimum Gasteiger partial charge on any atom is -0.418 e. The number of nitrogens with zero attached hydrogens (tertiary/aromatic N) is 4. The van der Waals surface area contributed by atoms with Crippen molar-refractivity contribution in [2.75, 3.05) is 0 Å². The molecule has 0 bridgehead atoms. The lowest BCUT2D eigenvalue weighted by Gasteiger charge is -1.99. The second kappa shape index (κ2) is 4.03. The Hall–Kier alpha value is -1.34. The lowest BCUT2D eigenvalue weighted by Crippen LogP contribution is -2.08. The highest BCUT2D eigenvalue weighted by Gasteiger charge is 2.17. The van der Waals surface area contributed by atoms with Gasteiger partial charge in [-0.15, -0.1) is 15.3 Å². The van der Waals surface area contributed by atoms with Crippen LogP contribution in [0.1, 0.15) is 31.0 Å². The molecule has 2 aromatic heterocycles. The van der Waals surface area contributed by atoms with Crippen molar-refractivity contribution in [2.24, 2.45) is 5.73 Å². The smallest absolute Gasteiger partial charge is 0.261 e. The highest BCUT2D eigenvalue weighted by atomic mass is 32.1. The molecule has 80 valence electrons. The second-order valence-electron chi connectivity index (χ2n) is 3.15. The van der Waals surface area contributed by atoms with E-state index >= 15 is 0 Å². The third-order valence-electron chi connectivity index (χ3n) is 2.04. The van der Waals surface area contributed by atoms with Gasteiger partial charge in [0.25, 0.3) is 5.89 Å². The number of aromatic nitrogens is 4. The van der Waals surface area contributed by atoms with Gasteiger partial charge in [-0.3, -0.25) is 0 Å². The van der Waals surface area contributed by atoms with Crippen LogP contribution in [-0.4, -0.2) is 19.8 Å². The van der Waals surface area contributed by atoms with Gasteiger partial charge in [-0.2, -0.15) is 0 Å². The van der Waals surface area contributed by atoms with Crippen LogP contribution >= 0.6 is 11.5 Å². The van der Waals surface area contributed by atoms with E-state index in [9.17, 15) is 0 Å². The molecule has 0 aromatic carbocycles. The number of aryl methyl sites for hydroxylation is 1. The first kappa shape index (κ1) is 10.2. The van der Waals surface area contributed by atoms with Crippen LogP contribution in [0.4, 0.5) is 0 Å². The summed E-state index contributed by atoms with van der Waals surface area (Å²) >= 11 is 1.24. The van der Waals surface area contributed by atoms with Gasteiger partial charge in [0, 0.05) is 0 Å². The molecule has 0 saturated carbocycles. The molecular formula is C8H11N5OS. The van der Waals surface area contributed by atoms with E-state index in [-0.39, 0.29) is 6.04 Å². The Labute approximate surface area is 90.7 Å². The van der Waals surface area contributed by atoms with Gasteiger partial charge in [-0.05, 0) is 24.9 Å². The van der Waals surface area contributed by atoms with E-state index in [4.69, 9.17) is 10.2 Å². The van der Waals surface area contributed by atoms with Crippen molar-refractivity contribution in [1.29, 1.82) is 0 Å². The highest BCUT2D eigenvalue weighted by Crippen LogP contribution is 2.25. The standard InChI is InChI=1S/C8H11N5OS/c1-3-5(9)7-11-12-8(14-7)6-4(2)10-13-15-6/h5H,3,9H2,1-2H3. The maximum absolute atomic E-state index is 5.77. The normalized spacial score (nSPS) is 13.0. The van der Waals surface area contributed by atoms with Crippen LogP contribution in [0.25, 0.3) is 10.8 Å². The minimum atomic E-state index is -0.201. The van der Waals surface area contributed by atoms with Gasteiger partial charge >= 0.3 is 0 Å². The second-order valence-corrected chi connectivity index (χ2v) is 3.90. The number of hydrogen-bond donors (Lipinski definition) is 1. The van der Waals surface area contributed by atoms with E-state index < -0.39 is 0 Å². The fourth-order valence-electron chi connectivity index (χ4n) is 1.08. The monoisotopic (exact) mass is 225 g/mol. The van der Waals surface area contributed by atoms with Crippen LogP contribution in [0.3, 0.4) is 0 Å². The maximum Gasteiger partial charge on any atom is 0.261 e. The van der Waals surface area contributed by atoms with E-state index in [0.717, 1.165) is 17.0 Å². The largest absolute Gasteiger partial charge is 0.418 e. The van der Waals surface area contributed by atoms with Crippen LogP contribution < -0.4 is 5.73 Å². The van der Waals surface area contributed by atoms with Crippen molar-refractivity contribution in [2.45, 2.75) is 26.3 Å². The van der Waals surface area contributed by atoms with E-state index in [0.29, 0.717) is 11.8 Å². The van der Waals surface area contributed by atoms with Crippen molar-refractivity contribution in [3.05, 3.63) is 11.6 Å². The Balaban J connectivity index is 2.32. The van der Waals surface area contributed by atoms with E-state index in [1.807, 2.05) is 13.8 Å². The average Bonchev–Trinajstić information content (AvgIpc) is 2.84.